The summed E-state index contributed by atoms with van der Waals surface area (Å²) in [6.45, 7) is 0. The van der Waals surface area contributed by atoms with E-state index in [1.165, 1.54) is 30.2 Å². The minimum Gasteiger partial charge on any atom is -0.497 e. The summed E-state index contributed by atoms with van der Waals surface area (Å²) in [6, 6.07) is 10.8. The molecule has 0 bridgehead atoms. The van der Waals surface area contributed by atoms with Crippen LogP contribution in [0.1, 0.15) is 0 Å². The van der Waals surface area contributed by atoms with Crippen LogP contribution in [0.3, 0.4) is 0 Å². The van der Waals surface area contributed by atoms with Gasteiger partial charge in [-0.15, -0.1) is 10.2 Å². The average Bonchev–Trinajstić information content (AvgIpc) is 3.20. The number of non-ortho nitro benzene ring substituents is 1. The number of benzene rings is 2. The molecule has 0 spiro atoms. The van der Waals surface area contributed by atoms with Crippen molar-refractivity contribution >= 4 is 56.5 Å². The smallest absolute Gasteiger partial charge is 0.325 e. The Bertz CT molecular complexity index is 1280. The number of fused-ring (bicyclic) bond motifs is 1. The molecule has 2 aromatic carbocycles. The Morgan fingerprint density at radius 3 is 2.84 bits per heavy atom. The van der Waals surface area contributed by atoms with Gasteiger partial charge in [0.25, 0.3) is 5.69 Å². The fourth-order valence-electron chi connectivity index (χ4n) is 2.56. The van der Waals surface area contributed by atoms with Gasteiger partial charge in [0, 0.05) is 29.3 Å². The van der Waals surface area contributed by atoms with Gasteiger partial charge >= 0.3 is 6.03 Å². The number of ether oxygens (including phenoxy) is 1. The fraction of sp³-hybridized carbons (Fsp3) is 0.0556. The molecular formula is C18H13N7O4S2. The van der Waals surface area contributed by atoms with Crippen molar-refractivity contribution in [2.75, 3.05) is 17.7 Å². The topological polar surface area (TPSA) is 145 Å². The number of methoxy groups -OCH3 is 1. The normalized spacial score (nSPS) is 10.6. The number of amides is 2. The first-order valence-corrected chi connectivity index (χ1v) is 10.3. The molecule has 31 heavy (non-hydrogen) atoms. The number of aromatic nitrogens is 4. The van der Waals surface area contributed by atoms with Gasteiger partial charge in [-0.05, 0) is 30.0 Å². The molecule has 156 valence electrons. The van der Waals surface area contributed by atoms with Gasteiger partial charge in [-0.3, -0.25) is 15.4 Å². The first-order chi connectivity index (χ1) is 15.0. The van der Waals surface area contributed by atoms with Crippen LogP contribution in [0.4, 0.5) is 21.3 Å². The number of carbonyl (C=O) groups excluding carboxylic acids is 1. The summed E-state index contributed by atoms with van der Waals surface area (Å²) >= 11 is 2.32. The van der Waals surface area contributed by atoms with Crippen molar-refractivity contribution in [3.8, 4) is 5.75 Å². The Balaban J connectivity index is 1.47. The zero-order valence-electron chi connectivity index (χ0n) is 15.8. The summed E-state index contributed by atoms with van der Waals surface area (Å²) in [5.41, 5.74) is 1.08. The van der Waals surface area contributed by atoms with Crippen molar-refractivity contribution in [1.82, 2.24) is 20.2 Å². The van der Waals surface area contributed by atoms with Crippen LogP contribution in [0, 0.1) is 10.1 Å². The van der Waals surface area contributed by atoms with Crippen molar-refractivity contribution in [1.29, 1.82) is 0 Å². The number of hydrogen-bond acceptors (Lipinski definition) is 10. The lowest BCUT2D eigenvalue weighted by atomic mass is 10.2. The molecular weight excluding hydrogens is 442 g/mol. The number of carbonyl (C=O) groups is 1. The van der Waals surface area contributed by atoms with Crippen LogP contribution in [-0.4, -0.2) is 38.2 Å². The van der Waals surface area contributed by atoms with E-state index in [1.807, 2.05) is 0 Å². The van der Waals surface area contributed by atoms with Gasteiger partial charge in [0.15, 0.2) is 4.34 Å². The zero-order chi connectivity index (χ0) is 21.8. The predicted molar refractivity (Wildman–Crippen MR) is 116 cm³/mol. The molecule has 0 aliphatic rings. The third kappa shape index (κ3) is 4.84. The Morgan fingerprint density at radius 2 is 2.03 bits per heavy atom. The molecule has 2 aromatic heterocycles. The van der Waals surface area contributed by atoms with Crippen LogP contribution in [0.2, 0.25) is 0 Å². The number of nitro benzene ring substituents is 1. The second kappa shape index (κ2) is 8.89. The highest BCUT2D eigenvalue weighted by Gasteiger charge is 2.15. The Labute approximate surface area is 183 Å². The van der Waals surface area contributed by atoms with E-state index in [4.69, 9.17) is 4.74 Å². The van der Waals surface area contributed by atoms with Gasteiger partial charge in [0.05, 0.1) is 17.5 Å². The average molecular weight is 455 g/mol. The van der Waals surface area contributed by atoms with Crippen LogP contribution >= 0.6 is 23.1 Å². The highest BCUT2D eigenvalue weighted by molar-refractivity contribution is 8.01. The van der Waals surface area contributed by atoms with Crippen LogP contribution < -0.4 is 15.4 Å². The molecule has 11 nitrogen and oxygen atoms in total. The van der Waals surface area contributed by atoms with E-state index in [1.54, 1.807) is 37.4 Å². The lowest BCUT2D eigenvalue weighted by Gasteiger charge is -2.06. The van der Waals surface area contributed by atoms with E-state index in [0.717, 1.165) is 11.3 Å². The lowest BCUT2D eigenvalue weighted by Crippen LogP contribution is -2.19. The van der Waals surface area contributed by atoms with Crippen molar-refractivity contribution in [2.45, 2.75) is 9.37 Å². The zero-order valence-corrected chi connectivity index (χ0v) is 17.4. The molecule has 2 amide bonds. The Kier molecular flexibility index (Phi) is 5.86. The summed E-state index contributed by atoms with van der Waals surface area (Å²) in [6.07, 6.45) is 1.37. The molecule has 0 fully saturated rings. The van der Waals surface area contributed by atoms with Gasteiger partial charge in [-0.1, -0.05) is 17.4 Å². The van der Waals surface area contributed by atoms with Gasteiger partial charge < -0.3 is 10.1 Å². The predicted octanol–water partition coefficient (Wildman–Crippen LogP) is 4.19. The van der Waals surface area contributed by atoms with Gasteiger partial charge in [-0.25, -0.2) is 14.8 Å². The summed E-state index contributed by atoms with van der Waals surface area (Å²) in [4.78, 5) is 31.1. The lowest BCUT2D eigenvalue weighted by molar-refractivity contribution is -0.384. The molecule has 4 aromatic rings. The van der Waals surface area contributed by atoms with E-state index >= 15 is 0 Å². The maximum Gasteiger partial charge on any atom is 0.325 e. The molecule has 0 saturated carbocycles. The van der Waals surface area contributed by atoms with Crippen molar-refractivity contribution in [3.63, 3.8) is 0 Å². The highest BCUT2D eigenvalue weighted by Crippen LogP contribution is 2.35. The monoisotopic (exact) mass is 455 g/mol. The van der Waals surface area contributed by atoms with Crippen molar-refractivity contribution in [3.05, 3.63) is 58.9 Å². The maximum atomic E-state index is 12.2. The van der Waals surface area contributed by atoms with Gasteiger partial charge in [-0.2, -0.15) is 0 Å². The van der Waals surface area contributed by atoms with Crippen LogP contribution in [0.25, 0.3) is 10.9 Å². The SMILES string of the molecule is COc1cccc(NC(=O)Nc2nnc(Sc3ncnc4ccc([N+](=O)[O-])cc34)s2)c1. The van der Waals surface area contributed by atoms with Crippen LogP contribution in [0.5, 0.6) is 5.75 Å². The molecule has 0 saturated heterocycles. The number of rotatable bonds is 6. The molecule has 0 aliphatic carbocycles. The third-order valence-electron chi connectivity index (χ3n) is 3.93. The summed E-state index contributed by atoms with van der Waals surface area (Å²) < 4.78 is 5.63. The third-order valence-corrected chi connectivity index (χ3v) is 5.84. The van der Waals surface area contributed by atoms with E-state index in [-0.39, 0.29) is 10.8 Å². The summed E-state index contributed by atoms with van der Waals surface area (Å²) in [7, 11) is 1.54. The number of nitrogens with zero attached hydrogens (tertiary/aromatic N) is 5. The number of urea groups is 1. The first-order valence-electron chi connectivity index (χ1n) is 8.64. The summed E-state index contributed by atoms with van der Waals surface area (Å²) in [5.74, 6) is 0.615. The molecule has 0 radical (unpaired) electrons. The van der Waals surface area contributed by atoms with Gasteiger partial charge in [0.1, 0.15) is 17.1 Å². The molecule has 4 rings (SSSR count). The number of anilines is 2. The minimum atomic E-state index is -0.482. The van der Waals surface area contributed by atoms with E-state index < -0.39 is 11.0 Å². The van der Waals surface area contributed by atoms with Crippen molar-refractivity contribution in [2.24, 2.45) is 0 Å². The summed E-state index contributed by atoms with van der Waals surface area (Å²) in [5, 5.41) is 25.7. The fourth-order valence-corrected chi connectivity index (χ4v) is 4.29. The van der Waals surface area contributed by atoms with E-state index in [9.17, 15) is 14.9 Å². The second-order valence-corrected chi connectivity index (χ2v) is 8.14. The molecule has 0 unspecified atom stereocenters. The van der Waals surface area contributed by atoms with Crippen LogP contribution in [-0.2, 0) is 0 Å². The number of hydrogen-bond donors (Lipinski definition) is 2. The largest absolute Gasteiger partial charge is 0.497 e. The Morgan fingerprint density at radius 1 is 1.16 bits per heavy atom. The second-order valence-electron chi connectivity index (χ2n) is 5.92. The quantitative estimate of drug-likeness (QED) is 0.189. The van der Waals surface area contributed by atoms with Gasteiger partial charge in [0.2, 0.25) is 5.13 Å². The molecule has 0 atom stereocenters. The standard InChI is InChI=1S/C18H13N7O4S2/c1-29-12-4-2-3-10(7-12)21-16(26)22-17-23-24-18(31-17)30-15-13-8-11(25(27)28)5-6-14(13)19-9-20-15/h2-9H,1H3,(H2,21,22,23,26). The number of nitrogens with one attached hydrogen (secondary N) is 2. The Hall–Kier alpha value is -3.84. The molecule has 0 aliphatic heterocycles. The van der Waals surface area contributed by atoms with Crippen LogP contribution in [0.15, 0.2) is 58.2 Å². The molecule has 13 heteroatoms. The number of nitro groups is 1. The molecule has 2 heterocycles. The minimum absolute atomic E-state index is 0.0574. The van der Waals surface area contributed by atoms with Crippen molar-refractivity contribution < 1.29 is 14.5 Å². The maximum absolute atomic E-state index is 12.2. The van der Waals surface area contributed by atoms with E-state index in [0.29, 0.717) is 31.7 Å². The highest BCUT2D eigenvalue weighted by atomic mass is 32.2. The van der Waals surface area contributed by atoms with E-state index in [2.05, 4.69) is 30.8 Å². The first kappa shape index (κ1) is 20.4. The molecule has 2 N–H and O–H groups in total.